The Morgan fingerprint density at radius 2 is 1.58 bits per heavy atom. The molecule has 20 heteroatoms. The molecule has 48 heavy (non-hydrogen) atoms. The highest BCUT2D eigenvalue weighted by atomic mass is 31.2. The molecule has 1 aliphatic heterocycles. The molecule has 0 radical (unpaired) electrons. The largest absolute Gasteiger partial charge is 0.524 e. The van der Waals surface area contributed by atoms with Gasteiger partial charge in [0.05, 0.1) is 6.10 Å². The maximum atomic E-state index is 13.2. The monoisotopic (exact) mass is 700 g/mol. The zero-order chi connectivity index (χ0) is 36.3. The molecule has 0 aliphatic carbocycles. The van der Waals surface area contributed by atoms with Gasteiger partial charge in [0.15, 0.2) is 0 Å². The molecule has 1 aliphatic rings. The van der Waals surface area contributed by atoms with E-state index in [1.54, 1.807) is 0 Å². The summed E-state index contributed by atoms with van der Waals surface area (Å²) < 4.78 is 15.5. The van der Waals surface area contributed by atoms with Gasteiger partial charge >= 0.3 is 13.8 Å². The third-order valence-electron chi connectivity index (χ3n) is 7.22. The van der Waals surface area contributed by atoms with E-state index >= 15 is 0 Å². The summed E-state index contributed by atoms with van der Waals surface area (Å²) in [5.41, 5.74) is 5.81. The number of nitrogens with one attached hydrogen (secondary N) is 4. The lowest BCUT2D eigenvalue weighted by Crippen LogP contribution is -2.60. The van der Waals surface area contributed by atoms with Crippen molar-refractivity contribution in [1.82, 2.24) is 26.2 Å². The van der Waals surface area contributed by atoms with Crippen LogP contribution >= 0.6 is 7.82 Å². The van der Waals surface area contributed by atoms with E-state index in [0.29, 0.717) is 18.4 Å². The molecule has 1 aromatic rings. The molecule has 10 N–H and O–H groups in total. The van der Waals surface area contributed by atoms with Crippen molar-refractivity contribution >= 4 is 49.2 Å². The first-order valence-corrected chi connectivity index (χ1v) is 16.3. The van der Waals surface area contributed by atoms with E-state index in [1.807, 2.05) is 0 Å². The molecule has 1 heterocycles. The van der Waals surface area contributed by atoms with Gasteiger partial charge in [0.1, 0.15) is 36.0 Å². The number of carboxylic acid groups (broad SMARTS) is 1. The summed E-state index contributed by atoms with van der Waals surface area (Å²) in [6.07, 6.45) is -1.68. The van der Waals surface area contributed by atoms with Crippen molar-refractivity contribution in [3.63, 3.8) is 0 Å². The van der Waals surface area contributed by atoms with Gasteiger partial charge in [-0.2, -0.15) is 0 Å². The van der Waals surface area contributed by atoms with E-state index in [9.17, 15) is 43.2 Å². The van der Waals surface area contributed by atoms with Crippen LogP contribution in [-0.2, 0) is 44.5 Å². The number of carbonyl (C=O) groups is 7. The predicted molar refractivity (Wildman–Crippen MR) is 164 cm³/mol. The number of amides is 6. The second-order valence-electron chi connectivity index (χ2n) is 11.2. The smallest absolute Gasteiger partial charge is 0.481 e. The molecule has 6 amide bonds. The van der Waals surface area contributed by atoms with Crippen molar-refractivity contribution in [1.29, 1.82) is 0 Å². The van der Waals surface area contributed by atoms with Crippen molar-refractivity contribution in [3.05, 3.63) is 29.8 Å². The molecule has 1 aromatic carbocycles. The fraction of sp³-hybridized carbons (Fsp3) is 0.536. The number of carboxylic acids is 1. The Kier molecular flexibility index (Phi) is 14.5. The highest BCUT2D eigenvalue weighted by Gasteiger charge is 2.38. The van der Waals surface area contributed by atoms with Gasteiger partial charge in [-0.15, -0.1) is 0 Å². The van der Waals surface area contributed by atoms with E-state index in [1.165, 1.54) is 43.0 Å². The number of aliphatic hydroxyl groups excluding tert-OH is 1. The molecule has 266 valence electrons. The lowest BCUT2D eigenvalue weighted by Gasteiger charge is -2.29. The minimum absolute atomic E-state index is 0.145. The molecule has 19 nitrogen and oxygen atoms in total. The molecule has 6 atom stereocenters. The third-order valence-corrected chi connectivity index (χ3v) is 7.67. The van der Waals surface area contributed by atoms with Crippen LogP contribution in [0.5, 0.6) is 5.75 Å². The first-order valence-electron chi connectivity index (χ1n) is 14.8. The summed E-state index contributed by atoms with van der Waals surface area (Å²) >= 11 is 0. The Labute approximate surface area is 275 Å². The van der Waals surface area contributed by atoms with Gasteiger partial charge in [0.2, 0.25) is 35.4 Å². The molecular weight excluding hydrogens is 659 g/mol. The number of nitrogens with two attached hydrogens (primary N) is 1. The summed E-state index contributed by atoms with van der Waals surface area (Å²) in [5.74, 6) is -6.27. The number of hydrogen-bond acceptors (Lipinski definition) is 10. The molecule has 1 fully saturated rings. The summed E-state index contributed by atoms with van der Waals surface area (Å²) in [7, 11) is -4.81. The quantitative estimate of drug-likeness (QED) is 0.0754. The molecule has 0 unspecified atom stereocenters. The molecule has 1 saturated heterocycles. The fourth-order valence-electron chi connectivity index (χ4n) is 4.89. The molecule has 0 bridgehead atoms. The highest BCUT2D eigenvalue weighted by molar-refractivity contribution is 7.46. The normalized spacial score (nSPS) is 17.5. The van der Waals surface area contributed by atoms with Crippen LogP contribution in [0.25, 0.3) is 0 Å². The first kappa shape index (κ1) is 39.6. The summed E-state index contributed by atoms with van der Waals surface area (Å²) in [5, 5.41) is 28.9. The van der Waals surface area contributed by atoms with Crippen LogP contribution in [0.3, 0.4) is 0 Å². The highest BCUT2D eigenvalue weighted by Crippen LogP contribution is 2.37. The summed E-state index contributed by atoms with van der Waals surface area (Å²) in [4.78, 5) is 106. The lowest BCUT2D eigenvalue weighted by atomic mass is 10.0. The molecule has 0 spiro atoms. The van der Waals surface area contributed by atoms with E-state index in [0.717, 1.165) is 6.92 Å². The van der Waals surface area contributed by atoms with Gasteiger partial charge in [-0.1, -0.05) is 12.1 Å². The second-order valence-corrected chi connectivity index (χ2v) is 12.4. The van der Waals surface area contributed by atoms with Crippen molar-refractivity contribution in [2.45, 2.75) is 89.2 Å². The van der Waals surface area contributed by atoms with Crippen LogP contribution in [0.2, 0.25) is 0 Å². The maximum Gasteiger partial charge on any atom is 0.524 e. The molecule has 2 rings (SSSR count). The van der Waals surface area contributed by atoms with Gasteiger partial charge in [0.25, 0.3) is 0 Å². The number of nitrogens with zero attached hydrogens (tertiary/aromatic N) is 1. The Morgan fingerprint density at radius 1 is 0.958 bits per heavy atom. The van der Waals surface area contributed by atoms with Crippen molar-refractivity contribution in [3.8, 4) is 5.75 Å². The fourth-order valence-corrected chi connectivity index (χ4v) is 5.29. The van der Waals surface area contributed by atoms with Gasteiger partial charge in [-0.3, -0.25) is 43.3 Å². The Bertz CT molecular complexity index is 1420. The van der Waals surface area contributed by atoms with Crippen LogP contribution in [0.1, 0.15) is 52.0 Å². The van der Waals surface area contributed by atoms with E-state index in [4.69, 9.17) is 20.6 Å². The van der Waals surface area contributed by atoms with E-state index in [2.05, 4.69) is 25.8 Å². The second kappa shape index (κ2) is 17.5. The van der Waals surface area contributed by atoms with E-state index < -0.39 is 92.0 Å². The first-order chi connectivity index (χ1) is 22.3. The standard InChI is InChI=1S/C28H41N6O13P/c1-14(25(40)32-19(10-11-22(37)38)28(43)34-12-4-5-21(34)24(29)39)30-27(42)23(15(2)35)33-26(41)20(31-16(3)36)13-17-6-8-18(9-7-17)47-48(44,45)46/h6-9,14-15,19-21,23,35H,4-5,10-13H2,1-3H3,(H2,29,39)(H,30,42)(H,31,36)(H,32,40)(H,33,41)(H,37,38)(H2,44,45,46)/t14-,15+,19-,20-,21-,23-/m0/s1. The number of rotatable bonds is 17. The summed E-state index contributed by atoms with van der Waals surface area (Å²) in [6.45, 7) is 3.75. The number of benzene rings is 1. The Balaban J connectivity index is 2.13. The van der Waals surface area contributed by atoms with Crippen LogP contribution in [-0.4, -0.2) is 109 Å². The van der Waals surface area contributed by atoms with Crippen LogP contribution in [0, 0.1) is 0 Å². The number of phosphoric ester groups is 1. The molecule has 0 saturated carbocycles. The van der Waals surface area contributed by atoms with Gasteiger partial charge in [-0.25, -0.2) is 4.57 Å². The SMILES string of the molecule is CC(=O)N[C@@H](Cc1ccc(OP(=O)(O)O)cc1)C(=O)N[C@H](C(=O)N[C@@H](C)C(=O)N[C@@H](CCC(=O)O)C(=O)N1CCC[C@H]1C(N)=O)[C@@H](C)O. The number of aliphatic hydroxyl groups is 1. The number of phosphoric acid groups is 1. The van der Waals surface area contributed by atoms with Gasteiger partial charge in [-0.05, 0) is 50.8 Å². The van der Waals surface area contributed by atoms with Crippen molar-refractivity contribution in [2.24, 2.45) is 5.73 Å². The Hall–Kier alpha value is -4.58. The number of hydrogen-bond donors (Lipinski definition) is 9. The lowest BCUT2D eigenvalue weighted by molar-refractivity contribution is -0.142. The number of carbonyl (C=O) groups excluding carboxylic acids is 6. The van der Waals surface area contributed by atoms with Crippen LogP contribution < -0.4 is 31.5 Å². The Morgan fingerprint density at radius 3 is 2.10 bits per heavy atom. The van der Waals surface area contributed by atoms with Gasteiger partial charge < -0.3 is 46.6 Å². The zero-order valence-electron chi connectivity index (χ0n) is 26.5. The minimum atomic E-state index is -4.81. The van der Waals surface area contributed by atoms with E-state index in [-0.39, 0.29) is 25.1 Å². The number of aliphatic carboxylic acids is 1. The van der Waals surface area contributed by atoms with Gasteiger partial charge in [0, 0.05) is 26.3 Å². The zero-order valence-corrected chi connectivity index (χ0v) is 27.3. The third kappa shape index (κ3) is 12.6. The average molecular weight is 701 g/mol. The average Bonchev–Trinajstić information content (AvgIpc) is 3.47. The van der Waals surface area contributed by atoms with Crippen molar-refractivity contribution < 1.29 is 62.7 Å². The molecule has 0 aromatic heterocycles. The summed E-state index contributed by atoms with van der Waals surface area (Å²) in [6, 6.07) is -1.31. The topological polar surface area (TPSA) is 304 Å². The number of primary amides is 1. The number of likely N-dealkylation sites (tertiary alicyclic amines) is 1. The van der Waals surface area contributed by atoms with Crippen LogP contribution in [0.4, 0.5) is 0 Å². The van der Waals surface area contributed by atoms with Crippen molar-refractivity contribution in [2.75, 3.05) is 6.54 Å². The predicted octanol–water partition coefficient (Wildman–Crippen LogP) is -2.60. The molecular formula is C28H41N6O13P. The van der Waals surface area contributed by atoms with Crippen LogP contribution in [0.15, 0.2) is 24.3 Å². The minimum Gasteiger partial charge on any atom is -0.481 e. The maximum absolute atomic E-state index is 13.2.